The molecule has 7 nitrogen and oxygen atoms in total. The first-order valence-electron chi connectivity index (χ1n) is 9.66. The van der Waals surface area contributed by atoms with Crippen LogP contribution in [0.2, 0.25) is 0 Å². The number of aryl methyl sites for hydroxylation is 1. The second-order valence-electron chi connectivity index (χ2n) is 6.67. The second kappa shape index (κ2) is 10.3. The van der Waals surface area contributed by atoms with Crippen LogP contribution in [0.1, 0.15) is 11.1 Å². The summed E-state index contributed by atoms with van der Waals surface area (Å²) in [7, 11) is 2.61. The van der Waals surface area contributed by atoms with Gasteiger partial charge >= 0.3 is 0 Å². The molecule has 2 aromatic carbocycles. The quantitative estimate of drug-likeness (QED) is 0.479. The molecule has 9 heteroatoms. The van der Waals surface area contributed by atoms with E-state index in [-0.39, 0.29) is 29.4 Å². The fourth-order valence-electron chi connectivity index (χ4n) is 2.98. The Hall–Kier alpha value is -4.01. The van der Waals surface area contributed by atoms with Crippen molar-refractivity contribution < 1.29 is 23.0 Å². The highest BCUT2D eigenvalue weighted by molar-refractivity contribution is 6.01. The Morgan fingerprint density at radius 1 is 1.03 bits per heavy atom. The van der Waals surface area contributed by atoms with Gasteiger partial charge in [0.1, 0.15) is 0 Å². The first kappa shape index (κ1) is 22.7. The average Bonchev–Trinajstić information content (AvgIpc) is 2.81. The lowest BCUT2D eigenvalue weighted by atomic mass is 10.0. The molecule has 0 saturated carbocycles. The molecular formula is C23H22F2N4O3. The van der Waals surface area contributed by atoms with Crippen LogP contribution >= 0.6 is 0 Å². The van der Waals surface area contributed by atoms with Gasteiger partial charge in [0, 0.05) is 24.0 Å². The zero-order valence-corrected chi connectivity index (χ0v) is 17.6. The van der Waals surface area contributed by atoms with Crippen LogP contribution in [0.3, 0.4) is 0 Å². The number of halogens is 2. The van der Waals surface area contributed by atoms with E-state index in [9.17, 15) is 13.6 Å². The molecule has 2 N–H and O–H groups in total. The number of rotatable bonds is 9. The van der Waals surface area contributed by atoms with Crippen molar-refractivity contribution in [1.29, 1.82) is 0 Å². The van der Waals surface area contributed by atoms with Crippen LogP contribution in [0.5, 0.6) is 11.5 Å². The molecular weight excluding hydrogens is 418 g/mol. The van der Waals surface area contributed by atoms with Gasteiger partial charge in [0.15, 0.2) is 23.1 Å². The van der Waals surface area contributed by atoms with Crippen LogP contribution in [0, 0.1) is 11.6 Å². The van der Waals surface area contributed by atoms with Crippen LogP contribution in [0.25, 0.3) is 0 Å². The molecule has 0 aliphatic carbocycles. The number of methoxy groups -OCH3 is 2. The number of benzene rings is 2. The number of para-hydroxylation sites is 2. The minimum atomic E-state index is -0.761. The highest BCUT2D eigenvalue weighted by Crippen LogP contribution is 2.32. The van der Waals surface area contributed by atoms with Crippen molar-refractivity contribution in [3.8, 4) is 11.5 Å². The van der Waals surface area contributed by atoms with E-state index in [0.29, 0.717) is 29.3 Å². The number of nitrogens with zero attached hydrogens (tertiary/aromatic N) is 2. The molecule has 0 aliphatic rings. The third-order valence-corrected chi connectivity index (χ3v) is 4.65. The van der Waals surface area contributed by atoms with E-state index >= 15 is 0 Å². The Morgan fingerprint density at radius 2 is 1.62 bits per heavy atom. The molecule has 0 spiro atoms. The minimum absolute atomic E-state index is 0.0672. The van der Waals surface area contributed by atoms with E-state index in [2.05, 4.69) is 27.2 Å². The van der Waals surface area contributed by atoms with Gasteiger partial charge < -0.3 is 20.1 Å². The lowest BCUT2D eigenvalue weighted by molar-refractivity contribution is -0.111. The summed E-state index contributed by atoms with van der Waals surface area (Å²) in [5.74, 6) is -1.74. The lowest BCUT2D eigenvalue weighted by Gasteiger charge is -2.13. The third-order valence-electron chi connectivity index (χ3n) is 4.65. The van der Waals surface area contributed by atoms with E-state index in [1.165, 1.54) is 26.4 Å². The van der Waals surface area contributed by atoms with E-state index in [1.807, 2.05) is 0 Å². The highest BCUT2D eigenvalue weighted by atomic mass is 19.1. The number of anilines is 3. The normalized spacial score (nSPS) is 10.4. The summed E-state index contributed by atoms with van der Waals surface area (Å²) in [6, 6.07) is 8.24. The van der Waals surface area contributed by atoms with Gasteiger partial charge in [-0.25, -0.2) is 18.7 Å². The maximum Gasteiger partial charge on any atom is 0.247 e. The minimum Gasteiger partial charge on any atom is -0.494 e. The second-order valence-corrected chi connectivity index (χ2v) is 6.67. The van der Waals surface area contributed by atoms with Crippen molar-refractivity contribution in [3.63, 3.8) is 0 Å². The van der Waals surface area contributed by atoms with Gasteiger partial charge in [-0.15, -0.1) is 0 Å². The summed E-state index contributed by atoms with van der Waals surface area (Å²) in [5, 5.41) is 5.72. The van der Waals surface area contributed by atoms with E-state index in [1.54, 1.807) is 36.7 Å². The summed E-state index contributed by atoms with van der Waals surface area (Å²) in [6.07, 6.45) is 4.67. The van der Waals surface area contributed by atoms with Crippen molar-refractivity contribution in [2.75, 3.05) is 24.9 Å². The molecule has 1 heterocycles. The monoisotopic (exact) mass is 440 g/mol. The number of hydrogen-bond acceptors (Lipinski definition) is 6. The molecule has 0 unspecified atom stereocenters. The molecule has 0 saturated heterocycles. The number of aromatic nitrogens is 2. The van der Waals surface area contributed by atoms with Crippen molar-refractivity contribution >= 4 is 23.2 Å². The number of carbonyl (C=O) groups excluding carboxylic acids is 1. The van der Waals surface area contributed by atoms with Gasteiger partial charge in [-0.3, -0.25) is 4.79 Å². The largest absolute Gasteiger partial charge is 0.494 e. The number of amides is 1. The number of carbonyl (C=O) groups is 1. The fraction of sp³-hybridized carbons (Fsp3) is 0.174. The summed E-state index contributed by atoms with van der Waals surface area (Å²) < 4.78 is 39.0. The number of hydrogen-bond donors (Lipinski definition) is 2. The van der Waals surface area contributed by atoms with Crippen molar-refractivity contribution in [1.82, 2.24) is 9.97 Å². The molecule has 166 valence electrons. The van der Waals surface area contributed by atoms with Crippen LogP contribution in [-0.2, 0) is 17.6 Å². The van der Waals surface area contributed by atoms with Gasteiger partial charge in [-0.1, -0.05) is 18.7 Å². The van der Waals surface area contributed by atoms with Crippen molar-refractivity contribution in [2.45, 2.75) is 12.8 Å². The Bertz CT molecular complexity index is 1090. The van der Waals surface area contributed by atoms with Gasteiger partial charge in [0.05, 0.1) is 25.6 Å². The molecule has 32 heavy (non-hydrogen) atoms. The van der Waals surface area contributed by atoms with Gasteiger partial charge in [-0.2, -0.15) is 0 Å². The van der Waals surface area contributed by atoms with E-state index < -0.39 is 11.6 Å². The predicted octanol–water partition coefficient (Wildman–Crippen LogP) is 4.43. The summed E-state index contributed by atoms with van der Waals surface area (Å²) in [5.41, 5.74) is 1.70. The molecule has 3 rings (SSSR count). The topological polar surface area (TPSA) is 85.4 Å². The van der Waals surface area contributed by atoms with E-state index in [0.717, 1.165) is 0 Å². The fourth-order valence-corrected chi connectivity index (χ4v) is 2.98. The molecule has 3 aromatic rings. The van der Waals surface area contributed by atoms with E-state index in [4.69, 9.17) is 9.47 Å². The molecule has 1 amide bonds. The summed E-state index contributed by atoms with van der Waals surface area (Å²) in [4.78, 5) is 20.1. The Balaban J connectivity index is 1.72. The Morgan fingerprint density at radius 3 is 2.19 bits per heavy atom. The van der Waals surface area contributed by atoms with Crippen molar-refractivity contribution in [3.05, 3.63) is 78.1 Å². The van der Waals surface area contributed by atoms with Gasteiger partial charge in [-0.05, 0) is 36.6 Å². The molecule has 0 bridgehead atoms. The predicted molar refractivity (Wildman–Crippen MR) is 117 cm³/mol. The molecule has 1 aromatic heterocycles. The molecule has 0 fully saturated rings. The Labute approximate surface area is 184 Å². The maximum absolute atomic E-state index is 14.5. The zero-order valence-electron chi connectivity index (χ0n) is 17.6. The summed E-state index contributed by atoms with van der Waals surface area (Å²) >= 11 is 0. The van der Waals surface area contributed by atoms with Crippen LogP contribution in [0.15, 0.2) is 55.4 Å². The van der Waals surface area contributed by atoms with Crippen LogP contribution in [-0.4, -0.2) is 30.1 Å². The molecule has 0 radical (unpaired) electrons. The smallest absolute Gasteiger partial charge is 0.247 e. The maximum atomic E-state index is 14.5. The first-order valence-corrected chi connectivity index (χ1v) is 9.66. The number of nitrogens with one attached hydrogen (secondary N) is 2. The number of ether oxygens (including phenoxy) is 2. The average molecular weight is 440 g/mol. The Kier molecular flexibility index (Phi) is 7.33. The van der Waals surface area contributed by atoms with Crippen LogP contribution < -0.4 is 20.1 Å². The van der Waals surface area contributed by atoms with Crippen LogP contribution in [0.4, 0.5) is 26.1 Å². The zero-order chi connectivity index (χ0) is 23.1. The summed E-state index contributed by atoms with van der Waals surface area (Å²) in [6.45, 7) is 3.43. The molecule has 0 aliphatic heterocycles. The standard InChI is InChI=1S/C23H22F2N4O3/c1-4-20(30)28-16-7-5-6-8-17(16)29-23-26-12-14(13-27-23)9-10-15-21(24)18(31-2)11-19(32-3)22(15)25/h4-8,11-13H,1,9-10H2,2-3H3,(H,28,30)(H,26,27,29). The van der Waals surface area contributed by atoms with Gasteiger partial charge in [0.25, 0.3) is 0 Å². The van der Waals surface area contributed by atoms with Crippen molar-refractivity contribution in [2.24, 2.45) is 0 Å². The van der Waals surface area contributed by atoms with Gasteiger partial charge in [0.2, 0.25) is 11.9 Å². The molecule has 0 atom stereocenters. The third kappa shape index (κ3) is 5.18. The first-order chi connectivity index (χ1) is 15.5. The lowest BCUT2D eigenvalue weighted by Crippen LogP contribution is -2.09. The SMILES string of the molecule is C=CC(=O)Nc1ccccc1Nc1ncc(CCc2c(F)c(OC)cc(OC)c2F)cn1. The highest BCUT2D eigenvalue weighted by Gasteiger charge is 2.19.